The van der Waals surface area contributed by atoms with E-state index in [9.17, 15) is 4.79 Å². The first-order valence-corrected chi connectivity index (χ1v) is 3.14. The lowest BCUT2D eigenvalue weighted by Gasteiger charge is -1.91. The number of carbonyl (C=O) groups is 1. The summed E-state index contributed by atoms with van der Waals surface area (Å²) in [6.45, 7) is 0. The van der Waals surface area contributed by atoms with Crippen molar-refractivity contribution in [2.24, 2.45) is 0 Å². The molecule has 54 valence electrons. The molecule has 0 saturated carbocycles. The third-order valence-electron chi connectivity index (χ3n) is 1.40. The first kappa shape index (κ1) is 6.03. The second-order valence-electron chi connectivity index (χ2n) is 2.14. The smallest absolute Gasteiger partial charge is 0.233 e. The predicted octanol–water partition coefficient (Wildman–Crippen LogP) is 0.542. The van der Waals surface area contributed by atoms with E-state index in [4.69, 9.17) is 0 Å². The van der Waals surface area contributed by atoms with Gasteiger partial charge in [-0.15, -0.1) is 0 Å². The van der Waals surface area contributed by atoms with E-state index < -0.39 is 0 Å². The summed E-state index contributed by atoms with van der Waals surface area (Å²) in [7, 11) is 0. The predicted molar refractivity (Wildman–Crippen MR) is 38.4 cm³/mol. The third kappa shape index (κ3) is 0.881. The SMILES string of the molecule is O=Cc1cnc2nccn2c1. The average Bonchev–Trinajstić information content (AvgIpc) is 2.50. The van der Waals surface area contributed by atoms with Crippen molar-refractivity contribution in [3.05, 3.63) is 30.4 Å². The molecule has 2 aromatic heterocycles. The number of aldehydes is 1. The summed E-state index contributed by atoms with van der Waals surface area (Å²) in [5.74, 6) is 0.607. The maximum absolute atomic E-state index is 10.3. The summed E-state index contributed by atoms with van der Waals surface area (Å²) in [5.41, 5.74) is 0.551. The molecule has 0 saturated heterocycles. The Morgan fingerprint density at radius 2 is 2.36 bits per heavy atom. The Kier molecular flexibility index (Phi) is 1.18. The van der Waals surface area contributed by atoms with Crippen LogP contribution in [0.3, 0.4) is 0 Å². The molecule has 0 aliphatic carbocycles. The molecule has 0 radical (unpaired) electrons. The second kappa shape index (κ2) is 2.16. The van der Waals surface area contributed by atoms with Gasteiger partial charge in [0.15, 0.2) is 6.29 Å². The normalized spacial score (nSPS) is 10.2. The first-order valence-electron chi connectivity index (χ1n) is 3.14. The highest BCUT2D eigenvalue weighted by molar-refractivity contribution is 5.73. The zero-order chi connectivity index (χ0) is 7.68. The fourth-order valence-electron chi connectivity index (χ4n) is 0.893. The Labute approximate surface area is 62.5 Å². The van der Waals surface area contributed by atoms with Gasteiger partial charge in [0.25, 0.3) is 0 Å². The Morgan fingerprint density at radius 3 is 3.18 bits per heavy atom. The molecule has 11 heavy (non-hydrogen) atoms. The van der Waals surface area contributed by atoms with Crippen molar-refractivity contribution in [3.63, 3.8) is 0 Å². The van der Waals surface area contributed by atoms with E-state index in [2.05, 4.69) is 9.97 Å². The van der Waals surface area contributed by atoms with Gasteiger partial charge in [-0.3, -0.25) is 9.20 Å². The molecule has 2 aromatic rings. The van der Waals surface area contributed by atoms with Crippen LogP contribution in [-0.4, -0.2) is 20.7 Å². The highest BCUT2D eigenvalue weighted by Crippen LogP contribution is 1.97. The van der Waals surface area contributed by atoms with Gasteiger partial charge in [-0.25, -0.2) is 9.97 Å². The summed E-state index contributed by atoms with van der Waals surface area (Å²) in [6, 6.07) is 0. The van der Waals surface area contributed by atoms with Crippen LogP contribution in [0.5, 0.6) is 0 Å². The largest absolute Gasteiger partial charge is 0.298 e. The van der Waals surface area contributed by atoms with Crippen LogP contribution in [0.25, 0.3) is 5.78 Å². The summed E-state index contributed by atoms with van der Waals surface area (Å²) in [4.78, 5) is 18.2. The van der Waals surface area contributed by atoms with Gasteiger partial charge in [-0.05, 0) is 0 Å². The lowest BCUT2D eigenvalue weighted by Crippen LogP contribution is -1.90. The van der Waals surface area contributed by atoms with Gasteiger partial charge in [0.05, 0.1) is 0 Å². The van der Waals surface area contributed by atoms with Gasteiger partial charge < -0.3 is 0 Å². The van der Waals surface area contributed by atoms with Crippen LogP contribution in [0.4, 0.5) is 0 Å². The minimum Gasteiger partial charge on any atom is -0.298 e. The molecule has 0 aromatic carbocycles. The van der Waals surface area contributed by atoms with Crippen LogP contribution >= 0.6 is 0 Å². The van der Waals surface area contributed by atoms with Crippen molar-refractivity contribution in [2.75, 3.05) is 0 Å². The molecular weight excluding hydrogens is 142 g/mol. The molecule has 0 aliphatic heterocycles. The number of imidazole rings is 1. The van der Waals surface area contributed by atoms with E-state index in [0.717, 1.165) is 6.29 Å². The topological polar surface area (TPSA) is 47.3 Å². The number of hydrogen-bond donors (Lipinski definition) is 0. The molecule has 4 heteroatoms. The van der Waals surface area contributed by atoms with Crippen LogP contribution in [-0.2, 0) is 0 Å². The molecule has 0 unspecified atom stereocenters. The van der Waals surface area contributed by atoms with Crippen molar-refractivity contribution in [2.45, 2.75) is 0 Å². The number of hydrogen-bond acceptors (Lipinski definition) is 3. The molecular formula is C7H5N3O. The zero-order valence-electron chi connectivity index (χ0n) is 5.64. The Balaban J connectivity index is 2.76. The van der Waals surface area contributed by atoms with Crippen LogP contribution < -0.4 is 0 Å². The van der Waals surface area contributed by atoms with Crippen LogP contribution in [0.2, 0.25) is 0 Å². The van der Waals surface area contributed by atoms with E-state index in [1.807, 2.05) is 0 Å². The molecule has 0 aliphatic rings. The van der Waals surface area contributed by atoms with E-state index >= 15 is 0 Å². The summed E-state index contributed by atoms with van der Waals surface area (Å²) in [5, 5.41) is 0. The number of carbonyl (C=O) groups excluding carboxylic acids is 1. The zero-order valence-corrected chi connectivity index (χ0v) is 5.64. The second-order valence-corrected chi connectivity index (χ2v) is 2.14. The molecule has 0 N–H and O–H groups in total. The molecule has 0 amide bonds. The Morgan fingerprint density at radius 1 is 1.45 bits per heavy atom. The molecule has 2 rings (SSSR count). The van der Waals surface area contributed by atoms with Crippen LogP contribution in [0.15, 0.2) is 24.8 Å². The van der Waals surface area contributed by atoms with E-state index in [0.29, 0.717) is 11.3 Å². The number of rotatable bonds is 1. The molecule has 0 atom stereocenters. The summed E-state index contributed by atoms with van der Waals surface area (Å²) in [6.07, 6.45) is 7.32. The van der Waals surface area contributed by atoms with E-state index in [1.165, 1.54) is 6.20 Å². The maximum Gasteiger partial charge on any atom is 0.233 e. The van der Waals surface area contributed by atoms with Crippen LogP contribution in [0, 0.1) is 0 Å². The lowest BCUT2D eigenvalue weighted by molar-refractivity contribution is 0.112. The number of fused-ring (bicyclic) bond motifs is 1. The lowest BCUT2D eigenvalue weighted by atomic mass is 10.4. The quantitative estimate of drug-likeness (QED) is 0.553. The average molecular weight is 147 g/mol. The summed E-state index contributed by atoms with van der Waals surface area (Å²) < 4.78 is 1.70. The molecule has 4 nitrogen and oxygen atoms in total. The number of nitrogens with zero attached hydrogens (tertiary/aromatic N) is 3. The van der Waals surface area contributed by atoms with Crippen LogP contribution in [0.1, 0.15) is 10.4 Å². The third-order valence-corrected chi connectivity index (χ3v) is 1.40. The maximum atomic E-state index is 10.3. The van der Waals surface area contributed by atoms with Gasteiger partial charge in [0.2, 0.25) is 5.78 Å². The fourth-order valence-corrected chi connectivity index (χ4v) is 0.893. The highest BCUT2D eigenvalue weighted by atomic mass is 16.1. The fraction of sp³-hybridized carbons (Fsp3) is 0. The van der Waals surface area contributed by atoms with Crippen molar-refractivity contribution in [1.82, 2.24) is 14.4 Å². The minimum atomic E-state index is 0.551. The molecule has 0 spiro atoms. The van der Waals surface area contributed by atoms with Gasteiger partial charge in [0, 0.05) is 30.4 Å². The van der Waals surface area contributed by atoms with Gasteiger partial charge >= 0.3 is 0 Å². The van der Waals surface area contributed by atoms with E-state index in [-0.39, 0.29) is 0 Å². The van der Waals surface area contributed by atoms with Gasteiger partial charge in [0.1, 0.15) is 0 Å². The standard InChI is InChI=1S/C7H5N3O/c11-5-6-3-9-7-8-1-2-10(7)4-6/h1-5H. The molecule has 0 bridgehead atoms. The summed E-state index contributed by atoms with van der Waals surface area (Å²) >= 11 is 0. The number of aromatic nitrogens is 3. The van der Waals surface area contributed by atoms with Gasteiger partial charge in [-0.1, -0.05) is 0 Å². The van der Waals surface area contributed by atoms with Crippen molar-refractivity contribution in [1.29, 1.82) is 0 Å². The highest BCUT2D eigenvalue weighted by Gasteiger charge is 1.94. The van der Waals surface area contributed by atoms with E-state index in [1.54, 1.807) is 23.0 Å². The van der Waals surface area contributed by atoms with Crippen molar-refractivity contribution >= 4 is 12.1 Å². The van der Waals surface area contributed by atoms with Gasteiger partial charge in [-0.2, -0.15) is 0 Å². The Hall–Kier alpha value is -1.71. The first-order chi connectivity index (χ1) is 5.40. The van der Waals surface area contributed by atoms with Crippen molar-refractivity contribution < 1.29 is 4.79 Å². The molecule has 0 fully saturated rings. The molecule has 2 heterocycles. The monoisotopic (exact) mass is 147 g/mol. The minimum absolute atomic E-state index is 0.551. The van der Waals surface area contributed by atoms with Crippen molar-refractivity contribution in [3.8, 4) is 0 Å². The Bertz CT molecular complexity index is 393.